The molecule has 0 N–H and O–H groups in total. The van der Waals surface area contributed by atoms with Crippen LogP contribution in [0.4, 0.5) is 0 Å². The Morgan fingerprint density at radius 2 is 2.07 bits per heavy atom. The molecule has 15 heavy (non-hydrogen) atoms. The highest BCUT2D eigenvalue weighted by atomic mass is 16.1. The lowest BCUT2D eigenvalue weighted by Gasteiger charge is -2.20. The third kappa shape index (κ3) is 1.83. The maximum absolute atomic E-state index is 12.0. The number of nitrogens with zero attached hydrogens (tertiary/aromatic N) is 2. The number of aryl methyl sites for hydroxylation is 1. The number of hydrogen-bond acceptors (Lipinski definition) is 2. The van der Waals surface area contributed by atoms with E-state index in [0.29, 0.717) is 0 Å². The highest BCUT2D eigenvalue weighted by Crippen LogP contribution is 2.35. The van der Waals surface area contributed by atoms with E-state index in [1.165, 1.54) is 0 Å². The molecule has 82 valence electrons. The molecule has 1 aliphatic carbocycles. The minimum atomic E-state index is -0.0227. The van der Waals surface area contributed by atoms with E-state index in [1.54, 1.807) is 6.20 Å². The Kier molecular flexibility index (Phi) is 2.21. The number of hydrogen-bond donors (Lipinski definition) is 0. The van der Waals surface area contributed by atoms with Gasteiger partial charge in [-0.05, 0) is 12.8 Å². The molecule has 3 nitrogen and oxygen atoms in total. The summed E-state index contributed by atoms with van der Waals surface area (Å²) in [6.07, 6.45) is 3.83. The van der Waals surface area contributed by atoms with Crippen molar-refractivity contribution in [2.24, 2.45) is 13.0 Å². The molecule has 0 saturated heterocycles. The van der Waals surface area contributed by atoms with Crippen molar-refractivity contribution in [1.82, 2.24) is 9.78 Å². The fourth-order valence-electron chi connectivity index (χ4n) is 2.07. The number of ketones is 1. The van der Waals surface area contributed by atoms with E-state index >= 15 is 0 Å². The molecule has 1 aromatic heterocycles. The first-order valence-electron chi connectivity index (χ1n) is 5.48. The van der Waals surface area contributed by atoms with Gasteiger partial charge in [-0.25, -0.2) is 0 Å². The first-order chi connectivity index (χ1) is 6.91. The normalized spacial score (nSPS) is 16.8. The largest absolute Gasteiger partial charge is 0.294 e. The minimum Gasteiger partial charge on any atom is -0.294 e. The second-order valence-electron chi connectivity index (χ2n) is 5.42. The van der Waals surface area contributed by atoms with Crippen molar-refractivity contribution in [3.63, 3.8) is 0 Å². The molecule has 0 amide bonds. The van der Waals surface area contributed by atoms with Crippen molar-refractivity contribution in [2.45, 2.75) is 39.0 Å². The molecule has 0 bridgehead atoms. The Morgan fingerprint density at radius 1 is 1.47 bits per heavy atom. The summed E-state index contributed by atoms with van der Waals surface area (Å²) >= 11 is 0. The van der Waals surface area contributed by atoms with E-state index in [4.69, 9.17) is 0 Å². The van der Waals surface area contributed by atoms with Crippen LogP contribution in [0.2, 0.25) is 0 Å². The van der Waals surface area contributed by atoms with Crippen LogP contribution in [-0.4, -0.2) is 15.6 Å². The predicted octanol–water partition coefficient (Wildman–Crippen LogP) is 2.31. The zero-order valence-corrected chi connectivity index (χ0v) is 9.87. The van der Waals surface area contributed by atoms with Crippen molar-refractivity contribution < 1.29 is 4.79 Å². The Balaban J connectivity index is 2.43. The highest BCUT2D eigenvalue weighted by molar-refractivity contribution is 6.00. The average molecular weight is 206 g/mol. The third-order valence-corrected chi connectivity index (χ3v) is 2.86. The lowest BCUT2D eigenvalue weighted by molar-refractivity contribution is 0.0965. The molecule has 0 aliphatic heterocycles. The molecule has 0 unspecified atom stereocenters. The highest BCUT2D eigenvalue weighted by Gasteiger charge is 2.35. The molecule has 1 saturated carbocycles. The van der Waals surface area contributed by atoms with E-state index in [9.17, 15) is 4.79 Å². The molecule has 0 aromatic carbocycles. The van der Waals surface area contributed by atoms with Gasteiger partial charge in [-0.3, -0.25) is 9.48 Å². The molecule has 2 rings (SSSR count). The number of Topliss-reactive ketones (excluding diaryl/α,β-unsaturated/α-hetero) is 1. The van der Waals surface area contributed by atoms with Gasteiger partial charge < -0.3 is 0 Å². The van der Waals surface area contributed by atoms with Gasteiger partial charge in [0.25, 0.3) is 0 Å². The van der Waals surface area contributed by atoms with E-state index in [-0.39, 0.29) is 17.1 Å². The van der Waals surface area contributed by atoms with Crippen LogP contribution in [0.25, 0.3) is 0 Å². The Morgan fingerprint density at radius 3 is 2.53 bits per heavy atom. The molecule has 1 aliphatic rings. The summed E-state index contributed by atoms with van der Waals surface area (Å²) in [5.41, 5.74) is 1.86. The average Bonchev–Trinajstić information content (AvgIpc) is 2.86. The van der Waals surface area contributed by atoms with Crippen molar-refractivity contribution in [3.05, 3.63) is 17.5 Å². The van der Waals surface area contributed by atoms with Crippen LogP contribution >= 0.6 is 0 Å². The predicted molar refractivity (Wildman–Crippen MR) is 59.0 cm³/mol. The zero-order chi connectivity index (χ0) is 11.2. The second-order valence-corrected chi connectivity index (χ2v) is 5.42. The Hall–Kier alpha value is -1.12. The number of carbonyl (C=O) groups excluding carboxylic acids is 1. The maximum atomic E-state index is 12.0. The summed E-state index contributed by atoms with van der Waals surface area (Å²) in [6, 6.07) is 0. The van der Waals surface area contributed by atoms with E-state index in [2.05, 4.69) is 25.9 Å². The number of carbonyl (C=O) groups is 1. The first kappa shape index (κ1) is 10.4. The standard InChI is InChI=1S/C12H18N2O/c1-12(2,3)11-9(7-13-14(11)4)10(15)8-5-6-8/h7-8H,5-6H2,1-4H3. The molecule has 3 heteroatoms. The summed E-state index contributed by atoms with van der Waals surface area (Å²) < 4.78 is 1.83. The van der Waals surface area contributed by atoms with Gasteiger partial charge in [0.05, 0.1) is 17.5 Å². The smallest absolute Gasteiger partial charge is 0.169 e. The molecule has 1 aromatic rings. The molecular formula is C12H18N2O. The van der Waals surface area contributed by atoms with Gasteiger partial charge in [0.15, 0.2) is 5.78 Å². The minimum absolute atomic E-state index is 0.0227. The van der Waals surface area contributed by atoms with Crippen LogP contribution in [-0.2, 0) is 12.5 Å². The fourth-order valence-corrected chi connectivity index (χ4v) is 2.07. The quantitative estimate of drug-likeness (QED) is 0.696. The molecule has 0 radical (unpaired) electrons. The SMILES string of the molecule is Cn1ncc(C(=O)C2CC2)c1C(C)(C)C. The summed E-state index contributed by atoms with van der Waals surface area (Å²) in [4.78, 5) is 12.0. The topological polar surface area (TPSA) is 34.9 Å². The van der Waals surface area contributed by atoms with Crippen molar-refractivity contribution in [2.75, 3.05) is 0 Å². The Bertz CT molecular complexity index is 394. The van der Waals surface area contributed by atoms with Crippen molar-refractivity contribution in [3.8, 4) is 0 Å². The second kappa shape index (κ2) is 3.19. The van der Waals surface area contributed by atoms with Gasteiger partial charge in [-0.1, -0.05) is 20.8 Å². The van der Waals surface area contributed by atoms with E-state index < -0.39 is 0 Å². The van der Waals surface area contributed by atoms with Gasteiger partial charge in [0.2, 0.25) is 0 Å². The van der Waals surface area contributed by atoms with E-state index in [1.807, 2.05) is 11.7 Å². The monoisotopic (exact) mass is 206 g/mol. The van der Waals surface area contributed by atoms with Gasteiger partial charge in [0, 0.05) is 18.4 Å². The molecule has 0 atom stereocenters. The van der Waals surface area contributed by atoms with E-state index in [0.717, 1.165) is 24.1 Å². The van der Waals surface area contributed by atoms with Crippen LogP contribution in [0, 0.1) is 5.92 Å². The first-order valence-corrected chi connectivity index (χ1v) is 5.48. The number of aromatic nitrogens is 2. The van der Waals surface area contributed by atoms with Crippen LogP contribution in [0.5, 0.6) is 0 Å². The zero-order valence-electron chi connectivity index (χ0n) is 9.87. The van der Waals surface area contributed by atoms with Gasteiger partial charge in [0.1, 0.15) is 0 Å². The Labute approximate surface area is 90.5 Å². The van der Waals surface area contributed by atoms with Crippen LogP contribution < -0.4 is 0 Å². The van der Waals surface area contributed by atoms with Gasteiger partial charge >= 0.3 is 0 Å². The molecule has 1 fully saturated rings. The maximum Gasteiger partial charge on any atom is 0.169 e. The van der Waals surface area contributed by atoms with Crippen molar-refractivity contribution in [1.29, 1.82) is 0 Å². The summed E-state index contributed by atoms with van der Waals surface area (Å²) in [6.45, 7) is 6.36. The number of rotatable bonds is 2. The lowest BCUT2D eigenvalue weighted by Crippen LogP contribution is -2.20. The summed E-state index contributed by atoms with van der Waals surface area (Å²) in [7, 11) is 1.91. The van der Waals surface area contributed by atoms with Crippen molar-refractivity contribution >= 4 is 5.78 Å². The summed E-state index contributed by atoms with van der Waals surface area (Å²) in [5, 5.41) is 4.21. The lowest BCUT2D eigenvalue weighted by atomic mass is 9.87. The van der Waals surface area contributed by atoms with Crippen LogP contribution in [0.15, 0.2) is 6.20 Å². The molecule has 0 spiro atoms. The summed E-state index contributed by atoms with van der Waals surface area (Å²) in [5.74, 6) is 0.559. The van der Waals surface area contributed by atoms with Gasteiger partial charge in [-0.2, -0.15) is 5.10 Å². The molecular weight excluding hydrogens is 188 g/mol. The third-order valence-electron chi connectivity index (χ3n) is 2.86. The molecule has 1 heterocycles. The van der Waals surface area contributed by atoms with Gasteiger partial charge in [-0.15, -0.1) is 0 Å². The van der Waals surface area contributed by atoms with Crippen LogP contribution in [0.1, 0.15) is 49.7 Å². The van der Waals surface area contributed by atoms with Crippen LogP contribution in [0.3, 0.4) is 0 Å². The fraction of sp³-hybridized carbons (Fsp3) is 0.667.